The van der Waals surface area contributed by atoms with Gasteiger partial charge in [0.25, 0.3) is 0 Å². The third-order valence-electron chi connectivity index (χ3n) is 6.02. The van der Waals surface area contributed by atoms with E-state index < -0.39 is 0 Å². The molecule has 1 aliphatic carbocycles. The highest BCUT2D eigenvalue weighted by molar-refractivity contribution is 5.94. The minimum Gasteiger partial charge on any atom is -0.461 e. The molecular weight excluding hydrogens is 314 g/mol. The third-order valence-corrected chi connectivity index (χ3v) is 6.02. The molecule has 4 nitrogen and oxygen atoms in total. The van der Waals surface area contributed by atoms with Crippen molar-refractivity contribution in [2.45, 2.75) is 97.8 Å². The van der Waals surface area contributed by atoms with Gasteiger partial charge in [0.2, 0.25) is 0 Å². The van der Waals surface area contributed by atoms with Crippen molar-refractivity contribution in [2.75, 3.05) is 0 Å². The van der Waals surface area contributed by atoms with Gasteiger partial charge in [-0.1, -0.05) is 13.8 Å². The SMILES string of the molecule is CC(=O)CC(=O)OC1C(C)CC(C2CC(C)(C)NC(C)(C)C2)CC1C. The number of carbonyl (C=O) groups is 2. The van der Waals surface area contributed by atoms with Gasteiger partial charge in [-0.2, -0.15) is 0 Å². The highest BCUT2D eigenvalue weighted by atomic mass is 16.5. The van der Waals surface area contributed by atoms with Crippen LogP contribution < -0.4 is 5.32 Å². The molecule has 144 valence electrons. The predicted molar refractivity (Wildman–Crippen MR) is 100 cm³/mol. The molecule has 25 heavy (non-hydrogen) atoms. The highest BCUT2D eigenvalue weighted by Gasteiger charge is 2.44. The van der Waals surface area contributed by atoms with Crippen molar-refractivity contribution in [3.8, 4) is 0 Å². The van der Waals surface area contributed by atoms with Crippen LogP contribution in [0.1, 0.15) is 80.6 Å². The summed E-state index contributed by atoms with van der Waals surface area (Å²) in [7, 11) is 0. The van der Waals surface area contributed by atoms with Crippen LogP contribution in [0.5, 0.6) is 0 Å². The summed E-state index contributed by atoms with van der Waals surface area (Å²) < 4.78 is 5.67. The first-order valence-electron chi connectivity index (χ1n) is 9.87. The molecule has 4 heteroatoms. The Balaban J connectivity index is 2.01. The molecule has 2 atom stereocenters. The first kappa shape index (κ1) is 20.4. The normalized spacial score (nSPS) is 35.2. The molecule has 2 rings (SSSR count). The van der Waals surface area contributed by atoms with Crippen molar-refractivity contribution < 1.29 is 14.3 Å². The Hall–Kier alpha value is -0.900. The fourth-order valence-corrected chi connectivity index (χ4v) is 5.63. The largest absolute Gasteiger partial charge is 0.461 e. The van der Waals surface area contributed by atoms with Gasteiger partial charge in [-0.05, 0) is 84.0 Å². The average Bonchev–Trinajstić information content (AvgIpc) is 2.38. The number of esters is 1. The fourth-order valence-electron chi connectivity index (χ4n) is 5.63. The van der Waals surface area contributed by atoms with E-state index in [1.807, 2.05) is 0 Å². The van der Waals surface area contributed by atoms with E-state index in [0.717, 1.165) is 12.8 Å². The van der Waals surface area contributed by atoms with Crippen molar-refractivity contribution in [3.63, 3.8) is 0 Å². The minimum atomic E-state index is -0.362. The van der Waals surface area contributed by atoms with E-state index in [0.29, 0.717) is 23.7 Å². The quantitative estimate of drug-likeness (QED) is 0.611. The molecule has 1 saturated carbocycles. The van der Waals surface area contributed by atoms with Crippen LogP contribution in [0.4, 0.5) is 0 Å². The standard InChI is InChI=1S/C21H37NO3/c1-13-8-16(17-11-20(4,5)22-21(6,7)12-17)9-14(2)19(13)25-18(24)10-15(3)23/h13-14,16-17,19,22H,8-12H2,1-7H3. The lowest BCUT2D eigenvalue weighted by atomic mass is 9.63. The Labute approximate surface area is 153 Å². The Morgan fingerprint density at radius 1 is 0.960 bits per heavy atom. The number of nitrogens with one attached hydrogen (secondary N) is 1. The number of carbonyl (C=O) groups excluding carboxylic acids is 2. The Bertz CT molecular complexity index is 483. The number of hydrogen-bond acceptors (Lipinski definition) is 4. The van der Waals surface area contributed by atoms with Gasteiger partial charge in [0, 0.05) is 11.1 Å². The number of rotatable bonds is 4. The van der Waals surface area contributed by atoms with Gasteiger partial charge in [0.15, 0.2) is 0 Å². The summed E-state index contributed by atoms with van der Waals surface area (Å²) in [5.41, 5.74) is 0.341. The molecule has 0 aromatic carbocycles. The molecule has 2 fully saturated rings. The molecule has 2 aliphatic rings. The van der Waals surface area contributed by atoms with Gasteiger partial charge < -0.3 is 10.1 Å². The molecule has 0 aromatic rings. The second kappa shape index (κ2) is 7.38. The van der Waals surface area contributed by atoms with E-state index >= 15 is 0 Å². The Morgan fingerprint density at radius 2 is 1.44 bits per heavy atom. The van der Waals surface area contributed by atoms with Crippen LogP contribution in [0, 0.1) is 23.7 Å². The predicted octanol–water partition coefficient (Wildman–Crippen LogP) is 4.12. The van der Waals surface area contributed by atoms with Crippen molar-refractivity contribution in [1.29, 1.82) is 0 Å². The molecule has 1 saturated heterocycles. The summed E-state index contributed by atoms with van der Waals surface area (Å²) in [6.07, 6.45) is 4.48. The lowest BCUT2D eigenvalue weighted by molar-refractivity contribution is -0.159. The molecule has 0 bridgehead atoms. The smallest absolute Gasteiger partial charge is 0.313 e. The zero-order valence-electron chi connectivity index (χ0n) is 17.1. The maximum atomic E-state index is 11.9. The van der Waals surface area contributed by atoms with Crippen LogP contribution in [-0.4, -0.2) is 28.9 Å². The molecule has 1 heterocycles. The summed E-state index contributed by atoms with van der Waals surface area (Å²) in [5, 5.41) is 3.78. The first-order valence-corrected chi connectivity index (χ1v) is 9.87. The molecule has 1 aliphatic heterocycles. The van der Waals surface area contributed by atoms with Crippen LogP contribution in [-0.2, 0) is 14.3 Å². The van der Waals surface area contributed by atoms with E-state index in [2.05, 4.69) is 46.9 Å². The summed E-state index contributed by atoms with van der Waals surface area (Å²) >= 11 is 0. The van der Waals surface area contributed by atoms with Crippen molar-refractivity contribution in [2.24, 2.45) is 23.7 Å². The van der Waals surface area contributed by atoms with Gasteiger partial charge in [-0.3, -0.25) is 9.59 Å². The summed E-state index contributed by atoms with van der Waals surface area (Å²) in [6.45, 7) is 15.1. The zero-order valence-corrected chi connectivity index (χ0v) is 17.1. The van der Waals surface area contributed by atoms with E-state index in [1.165, 1.54) is 19.8 Å². The average molecular weight is 352 g/mol. The molecule has 0 radical (unpaired) electrons. The topological polar surface area (TPSA) is 55.4 Å². The Morgan fingerprint density at radius 3 is 1.88 bits per heavy atom. The molecule has 0 aromatic heterocycles. The van der Waals surface area contributed by atoms with Gasteiger partial charge in [0.05, 0.1) is 0 Å². The van der Waals surface area contributed by atoms with E-state index in [1.54, 1.807) is 0 Å². The lowest BCUT2D eigenvalue weighted by Crippen LogP contribution is -2.59. The second-order valence-corrected chi connectivity index (χ2v) is 10.1. The molecular formula is C21H37NO3. The van der Waals surface area contributed by atoms with Gasteiger partial charge in [-0.25, -0.2) is 0 Å². The monoisotopic (exact) mass is 351 g/mol. The number of ketones is 1. The van der Waals surface area contributed by atoms with Crippen molar-refractivity contribution in [1.82, 2.24) is 5.32 Å². The lowest BCUT2D eigenvalue weighted by Gasteiger charge is -2.51. The van der Waals surface area contributed by atoms with Gasteiger partial charge >= 0.3 is 5.97 Å². The minimum absolute atomic E-state index is 0.0502. The molecule has 0 spiro atoms. The zero-order chi connectivity index (χ0) is 19.0. The molecule has 2 unspecified atom stereocenters. The first-order chi connectivity index (χ1) is 11.4. The second-order valence-electron chi connectivity index (χ2n) is 10.1. The van der Waals surface area contributed by atoms with Gasteiger partial charge in [0.1, 0.15) is 18.3 Å². The molecule has 1 N–H and O–H groups in total. The summed E-state index contributed by atoms with van der Waals surface area (Å²) in [6, 6.07) is 0. The molecule has 0 amide bonds. The van der Waals surface area contributed by atoms with Crippen LogP contribution in [0.25, 0.3) is 0 Å². The summed E-state index contributed by atoms with van der Waals surface area (Å²) in [4.78, 5) is 23.0. The number of ether oxygens (including phenoxy) is 1. The fraction of sp³-hybridized carbons (Fsp3) is 0.905. The number of piperidine rings is 1. The maximum absolute atomic E-state index is 11.9. The van der Waals surface area contributed by atoms with Crippen LogP contribution in [0.3, 0.4) is 0 Å². The van der Waals surface area contributed by atoms with E-state index in [4.69, 9.17) is 4.74 Å². The van der Waals surface area contributed by atoms with Crippen LogP contribution in [0.15, 0.2) is 0 Å². The van der Waals surface area contributed by atoms with Crippen LogP contribution in [0.2, 0.25) is 0 Å². The van der Waals surface area contributed by atoms with E-state index in [9.17, 15) is 9.59 Å². The van der Waals surface area contributed by atoms with Crippen LogP contribution >= 0.6 is 0 Å². The van der Waals surface area contributed by atoms with Crippen molar-refractivity contribution >= 4 is 11.8 Å². The third kappa shape index (κ3) is 5.54. The van der Waals surface area contributed by atoms with E-state index in [-0.39, 0.29) is 35.4 Å². The highest BCUT2D eigenvalue weighted by Crippen LogP contribution is 2.45. The maximum Gasteiger partial charge on any atom is 0.313 e. The Kier molecular flexibility index (Phi) is 6.03. The summed E-state index contributed by atoms with van der Waals surface area (Å²) in [5.74, 6) is 1.62. The number of hydrogen-bond donors (Lipinski definition) is 1. The number of Topliss-reactive ketones (excluding diaryl/α,β-unsaturated/α-hetero) is 1. The van der Waals surface area contributed by atoms with Crippen molar-refractivity contribution in [3.05, 3.63) is 0 Å². The van der Waals surface area contributed by atoms with Gasteiger partial charge in [-0.15, -0.1) is 0 Å².